The molecular formula is C16H34O5. The monoisotopic (exact) mass is 306 g/mol. The van der Waals surface area contributed by atoms with Gasteiger partial charge in [0.25, 0.3) is 0 Å². The maximum atomic E-state index is 10.2. The van der Waals surface area contributed by atoms with E-state index in [1.807, 2.05) is 0 Å². The van der Waals surface area contributed by atoms with Crippen LogP contribution in [0.1, 0.15) is 72.6 Å². The van der Waals surface area contributed by atoms with E-state index in [1.54, 1.807) is 0 Å². The molecule has 0 fully saturated rings. The Morgan fingerprint density at radius 3 is 1.52 bits per heavy atom. The van der Waals surface area contributed by atoms with Gasteiger partial charge in [0.05, 0.1) is 6.61 Å². The van der Waals surface area contributed by atoms with Crippen molar-refractivity contribution in [1.29, 1.82) is 0 Å². The summed E-state index contributed by atoms with van der Waals surface area (Å²) < 4.78 is 4.70. The molecule has 0 aliphatic rings. The largest absolute Gasteiger partial charge is 0.466 e. The van der Waals surface area contributed by atoms with Gasteiger partial charge >= 0.3 is 5.97 Å². The van der Waals surface area contributed by atoms with E-state index < -0.39 is 0 Å². The van der Waals surface area contributed by atoms with Crippen molar-refractivity contribution in [2.75, 3.05) is 19.8 Å². The molecule has 2 N–H and O–H groups in total. The Hall–Kier alpha value is -0.940. The Balaban J connectivity index is -0.000000249. The molecule has 0 aromatic heterocycles. The molecule has 0 aromatic carbocycles. The third-order valence-corrected chi connectivity index (χ3v) is 2.12. The van der Waals surface area contributed by atoms with Gasteiger partial charge in [-0.1, -0.05) is 32.6 Å². The topological polar surface area (TPSA) is 83.8 Å². The van der Waals surface area contributed by atoms with Gasteiger partial charge in [0, 0.05) is 20.1 Å². The number of carbonyl (C=O) groups excluding carboxylic acids is 2. The highest BCUT2D eigenvalue weighted by Gasteiger charge is 1.89. The number of ether oxygens (including phenoxy) is 1. The van der Waals surface area contributed by atoms with Gasteiger partial charge in [-0.2, -0.15) is 0 Å². The number of hydrogen-bond donors (Lipinski definition) is 2. The Kier molecular flexibility index (Phi) is 28.7. The van der Waals surface area contributed by atoms with Crippen LogP contribution in [0.2, 0.25) is 0 Å². The molecule has 0 aromatic rings. The first-order valence-electron chi connectivity index (χ1n) is 7.74. The smallest absolute Gasteiger partial charge is 0.302 e. The lowest BCUT2D eigenvalue weighted by Gasteiger charge is -1.98. The van der Waals surface area contributed by atoms with Crippen LogP contribution in [-0.2, 0) is 14.3 Å². The fourth-order valence-corrected chi connectivity index (χ4v) is 1.15. The highest BCUT2D eigenvalue weighted by molar-refractivity contribution is 5.72. The molecule has 128 valence electrons. The zero-order valence-electron chi connectivity index (χ0n) is 14.2. The van der Waals surface area contributed by atoms with Crippen LogP contribution in [0.3, 0.4) is 0 Å². The van der Waals surface area contributed by atoms with Crippen LogP contribution in [0.4, 0.5) is 0 Å². The zero-order valence-corrected chi connectivity index (χ0v) is 14.2. The molecule has 0 saturated heterocycles. The minimum Gasteiger partial charge on any atom is -0.466 e. The molecule has 0 aliphatic carbocycles. The number of rotatable bonds is 9. The van der Waals surface area contributed by atoms with E-state index in [9.17, 15) is 9.59 Å². The third-order valence-electron chi connectivity index (χ3n) is 2.12. The number of carbonyl (C=O) groups is 2. The summed E-state index contributed by atoms with van der Waals surface area (Å²) in [6.07, 6.45) is 7.14. The van der Waals surface area contributed by atoms with Crippen molar-refractivity contribution in [2.45, 2.75) is 72.6 Å². The molecule has 0 atom stereocenters. The number of aliphatic hydroxyl groups is 2. The van der Waals surface area contributed by atoms with E-state index in [0.717, 1.165) is 38.5 Å². The minimum atomic E-state index is -0.175. The second-order valence-electron chi connectivity index (χ2n) is 4.82. The highest BCUT2D eigenvalue weighted by Crippen LogP contribution is 1.96. The number of hydrogen-bond acceptors (Lipinski definition) is 5. The second-order valence-corrected chi connectivity index (χ2v) is 4.82. The minimum absolute atomic E-state index is 0.167. The van der Waals surface area contributed by atoms with E-state index in [-0.39, 0.29) is 25.0 Å². The molecule has 5 nitrogen and oxygen atoms in total. The lowest BCUT2D eigenvalue weighted by atomic mass is 10.2. The van der Waals surface area contributed by atoms with Crippen molar-refractivity contribution in [1.82, 2.24) is 0 Å². The van der Waals surface area contributed by atoms with Crippen LogP contribution in [-0.4, -0.2) is 41.8 Å². The fraction of sp³-hybridized carbons (Fsp3) is 0.875. The van der Waals surface area contributed by atoms with Gasteiger partial charge in [-0.15, -0.1) is 0 Å². The molecule has 0 bridgehead atoms. The summed E-state index contributed by atoms with van der Waals surface area (Å²) in [5.41, 5.74) is 0. The average Bonchev–Trinajstić information content (AvgIpc) is 2.40. The van der Waals surface area contributed by atoms with E-state index in [1.165, 1.54) is 27.2 Å². The van der Waals surface area contributed by atoms with E-state index in [2.05, 4.69) is 6.92 Å². The number of Topliss-reactive ketones (excluding diaryl/α,β-unsaturated/α-hetero) is 1. The Morgan fingerprint density at radius 1 is 0.810 bits per heavy atom. The number of unbranched alkanes of at least 4 members (excludes halogenated alkanes) is 5. The standard InChI is InChI=1S/C7H14O2.C6H14O2.C3H6O/c1-3-4-5-6-9-7(2)8;7-5-3-1-2-4-6-8;1-3(2)4/h3-6H2,1-2H3;7-8H,1-6H2;1-2H3. The molecule has 0 heterocycles. The van der Waals surface area contributed by atoms with Crippen LogP contribution < -0.4 is 0 Å². The molecular weight excluding hydrogens is 272 g/mol. The molecule has 0 radical (unpaired) electrons. The van der Waals surface area contributed by atoms with Gasteiger partial charge in [-0.05, 0) is 33.1 Å². The molecule has 0 rings (SSSR count). The summed E-state index contributed by atoms with van der Waals surface area (Å²) in [5.74, 6) is -0.00824. The van der Waals surface area contributed by atoms with Crippen LogP contribution in [0.5, 0.6) is 0 Å². The molecule has 5 heteroatoms. The van der Waals surface area contributed by atoms with Gasteiger partial charge in [0.1, 0.15) is 5.78 Å². The predicted molar refractivity (Wildman–Crippen MR) is 85.2 cm³/mol. The second kappa shape index (κ2) is 24.1. The maximum Gasteiger partial charge on any atom is 0.302 e. The Bertz CT molecular complexity index is 207. The summed E-state index contributed by atoms with van der Waals surface area (Å²) in [7, 11) is 0. The van der Waals surface area contributed by atoms with Crippen molar-refractivity contribution in [3.05, 3.63) is 0 Å². The van der Waals surface area contributed by atoms with Crippen LogP contribution in [0.25, 0.3) is 0 Å². The van der Waals surface area contributed by atoms with E-state index in [0.29, 0.717) is 6.61 Å². The Morgan fingerprint density at radius 2 is 1.24 bits per heavy atom. The summed E-state index contributed by atoms with van der Waals surface area (Å²) in [5, 5.41) is 16.6. The lowest BCUT2D eigenvalue weighted by molar-refractivity contribution is -0.141. The van der Waals surface area contributed by atoms with Crippen molar-refractivity contribution < 1.29 is 24.5 Å². The molecule has 0 aliphatic heterocycles. The van der Waals surface area contributed by atoms with Gasteiger partial charge < -0.3 is 19.7 Å². The fourth-order valence-electron chi connectivity index (χ4n) is 1.15. The zero-order chi connectivity index (χ0) is 16.9. The summed E-state index contributed by atoms with van der Waals surface area (Å²) >= 11 is 0. The lowest BCUT2D eigenvalue weighted by Crippen LogP contribution is -1.99. The number of aliphatic hydroxyl groups excluding tert-OH is 2. The predicted octanol–water partition coefficient (Wildman–Crippen LogP) is 2.87. The Labute approximate surface area is 129 Å². The molecule has 0 unspecified atom stereocenters. The van der Waals surface area contributed by atoms with Gasteiger partial charge in [-0.3, -0.25) is 4.79 Å². The van der Waals surface area contributed by atoms with Crippen LogP contribution >= 0.6 is 0 Å². The summed E-state index contributed by atoms with van der Waals surface area (Å²) in [4.78, 5) is 19.6. The molecule has 0 spiro atoms. The highest BCUT2D eigenvalue weighted by atomic mass is 16.5. The first-order chi connectivity index (χ1) is 9.92. The van der Waals surface area contributed by atoms with Crippen molar-refractivity contribution in [3.63, 3.8) is 0 Å². The van der Waals surface area contributed by atoms with Gasteiger partial charge in [0.2, 0.25) is 0 Å². The van der Waals surface area contributed by atoms with E-state index in [4.69, 9.17) is 14.9 Å². The van der Waals surface area contributed by atoms with Crippen LogP contribution in [0, 0.1) is 0 Å². The van der Waals surface area contributed by atoms with E-state index >= 15 is 0 Å². The van der Waals surface area contributed by atoms with Gasteiger partial charge in [-0.25, -0.2) is 0 Å². The quantitative estimate of drug-likeness (QED) is 0.505. The summed E-state index contributed by atoms with van der Waals surface area (Å²) in [6, 6.07) is 0. The van der Waals surface area contributed by atoms with Crippen molar-refractivity contribution >= 4 is 11.8 Å². The third kappa shape index (κ3) is 54.8. The molecule has 0 saturated carbocycles. The first kappa shape index (κ1) is 25.0. The van der Waals surface area contributed by atoms with Crippen molar-refractivity contribution in [2.24, 2.45) is 0 Å². The normalized spacial score (nSPS) is 8.86. The van der Waals surface area contributed by atoms with Crippen LogP contribution in [0.15, 0.2) is 0 Å². The molecule has 0 amide bonds. The first-order valence-corrected chi connectivity index (χ1v) is 7.74. The average molecular weight is 306 g/mol. The van der Waals surface area contributed by atoms with Gasteiger partial charge in [0.15, 0.2) is 0 Å². The SMILES string of the molecule is CC(C)=O.CCCCCOC(C)=O.OCCCCCCO. The number of ketones is 1. The van der Waals surface area contributed by atoms with Crippen molar-refractivity contribution in [3.8, 4) is 0 Å². The summed E-state index contributed by atoms with van der Waals surface area (Å²) in [6.45, 7) is 7.76. The maximum absolute atomic E-state index is 10.2. The number of esters is 1. The molecule has 21 heavy (non-hydrogen) atoms.